The molecule has 3 aliphatic heterocycles. The lowest BCUT2D eigenvalue weighted by molar-refractivity contribution is -0.145. The molecule has 1 atom stereocenters. The Morgan fingerprint density at radius 1 is 1.14 bits per heavy atom. The predicted octanol–water partition coefficient (Wildman–Crippen LogP) is 1.99. The van der Waals surface area contributed by atoms with Crippen molar-refractivity contribution >= 4 is 17.9 Å². The van der Waals surface area contributed by atoms with Crippen molar-refractivity contribution in [1.82, 2.24) is 24.9 Å². The van der Waals surface area contributed by atoms with Crippen LogP contribution < -0.4 is 5.32 Å². The molecule has 0 saturated carbocycles. The highest BCUT2D eigenvalue weighted by Crippen LogP contribution is 2.37. The minimum Gasteiger partial charge on any atom is -0.465 e. The molecule has 3 aliphatic rings. The van der Waals surface area contributed by atoms with Gasteiger partial charge in [0.25, 0.3) is 5.91 Å². The lowest BCUT2D eigenvalue weighted by atomic mass is 9.69. The van der Waals surface area contributed by atoms with Gasteiger partial charge in [-0.05, 0) is 36.0 Å². The molecule has 2 saturated heterocycles. The van der Waals surface area contributed by atoms with Crippen LogP contribution in [0.2, 0.25) is 0 Å². The van der Waals surface area contributed by atoms with Gasteiger partial charge in [-0.3, -0.25) is 9.59 Å². The fourth-order valence-corrected chi connectivity index (χ4v) is 5.45. The van der Waals surface area contributed by atoms with Crippen molar-refractivity contribution in [3.8, 4) is 6.07 Å². The Kier molecular flexibility index (Phi) is 6.60. The highest BCUT2D eigenvalue weighted by molar-refractivity contribution is 5.95. The van der Waals surface area contributed by atoms with E-state index in [1.807, 2.05) is 43.8 Å². The number of carboxylic acid groups (broad SMARTS) is 1. The zero-order valence-corrected chi connectivity index (χ0v) is 21.3. The SMILES string of the molecule is CN1C=C2C(=O)N(C3CCN(C(=O)[C@](Cc4ccc(C#N)cc4)(NC(=O)O)C(C)(C)C)CC3)CN2C1. The van der Waals surface area contributed by atoms with E-state index in [-0.39, 0.29) is 24.3 Å². The van der Waals surface area contributed by atoms with E-state index in [1.165, 1.54) is 0 Å². The molecule has 4 rings (SSSR count). The van der Waals surface area contributed by atoms with Crippen LogP contribution in [0.3, 0.4) is 0 Å². The van der Waals surface area contributed by atoms with E-state index in [0.717, 1.165) is 11.3 Å². The molecule has 10 nitrogen and oxygen atoms in total. The molecule has 1 aromatic carbocycles. The van der Waals surface area contributed by atoms with Crippen LogP contribution in [-0.2, 0) is 16.0 Å². The third kappa shape index (κ3) is 4.57. The topological polar surface area (TPSA) is 120 Å². The first kappa shape index (κ1) is 25.4. The lowest BCUT2D eigenvalue weighted by Gasteiger charge is -2.47. The first-order chi connectivity index (χ1) is 16.9. The average molecular weight is 495 g/mol. The van der Waals surface area contributed by atoms with E-state index < -0.39 is 17.0 Å². The van der Waals surface area contributed by atoms with Crippen molar-refractivity contribution in [2.75, 3.05) is 33.5 Å². The number of benzene rings is 1. The van der Waals surface area contributed by atoms with Crippen molar-refractivity contribution < 1.29 is 19.5 Å². The highest BCUT2D eigenvalue weighted by atomic mass is 16.4. The maximum absolute atomic E-state index is 14.1. The number of hydrogen-bond donors (Lipinski definition) is 2. The number of likely N-dealkylation sites (tertiary alicyclic amines) is 1. The number of fused-ring (bicyclic) bond motifs is 1. The molecule has 0 bridgehead atoms. The van der Waals surface area contributed by atoms with E-state index in [4.69, 9.17) is 5.26 Å². The molecule has 0 unspecified atom stereocenters. The van der Waals surface area contributed by atoms with E-state index >= 15 is 0 Å². The second-order valence-corrected chi connectivity index (χ2v) is 11.0. The molecule has 0 aliphatic carbocycles. The average Bonchev–Trinajstić information content (AvgIpc) is 3.34. The maximum atomic E-state index is 14.1. The Morgan fingerprint density at radius 3 is 2.31 bits per heavy atom. The molecule has 0 aromatic heterocycles. The van der Waals surface area contributed by atoms with Crippen LogP contribution >= 0.6 is 0 Å². The molecule has 192 valence electrons. The van der Waals surface area contributed by atoms with Crippen molar-refractivity contribution in [1.29, 1.82) is 5.26 Å². The summed E-state index contributed by atoms with van der Waals surface area (Å²) < 4.78 is 0. The van der Waals surface area contributed by atoms with Gasteiger partial charge in [0.15, 0.2) is 0 Å². The zero-order chi connectivity index (χ0) is 26.3. The number of carbonyl (C=O) groups is 3. The summed E-state index contributed by atoms with van der Waals surface area (Å²) in [7, 11) is 1.94. The van der Waals surface area contributed by atoms with Gasteiger partial charge in [0.05, 0.1) is 25.0 Å². The van der Waals surface area contributed by atoms with Gasteiger partial charge < -0.3 is 30.0 Å². The monoisotopic (exact) mass is 494 g/mol. The number of nitrogens with one attached hydrogen (secondary N) is 1. The number of carbonyl (C=O) groups excluding carboxylic acids is 2. The quantitative estimate of drug-likeness (QED) is 0.642. The van der Waals surface area contributed by atoms with E-state index in [0.29, 0.717) is 44.8 Å². The number of piperidine rings is 1. The largest absolute Gasteiger partial charge is 0.465 e. The summed E-state index contributed by atoms with van der Waals surface area (Å²) in [4.78, 5) is 46.6. The van der Waals surface area contributed by atoms with Gasteiger partial charge in [-0.25, -0.2) is 4.79 Å². The molecule has 0 spiro atoms. The van der Waals surface area contributed by atoms with Gasteiger partial charge in [0, 0.05) is 38.8 Å². The van der Waals surface area contributed by atoms with Crippen LogP contribution in [0.4, 0.5) is 4.79 Å². The van der Waals surface area contributed by atoms with Crippen LogP contribution in [0.15, 0.2) is 36.2 Å². The fraction of sp³-hybridized carbons (Fsp3) is 0.538. The standard InChI is InChI=1S/C26H34N6O4/c1-25(2,3)26(28-24(35)36,13-18-5-7-19(14-27)8-6-18)23(34)30-11-9-20(10-12-30)32-17-31-16-29(4)15-21(31)22(32)33/h5-8,15,20,28H,9-13,16-17H2,1-4H3,(H,35,36)/t26-/m0/s1. The van der Waals surface area contributed by atoms with Crippen molar-refractivity contribution in [3.05, 3.63) is 47.3 Å². The van der Waals surface area contributed by atoms with Gasteiger partial charge in [-0.15, -0.1) is 0 Å². The molecule has 36 heavy (non-hydrogen) atoms. The summed E-state index contributed by atoms with van der Waals surface area (Å²) in [5.41, 5.74) is -0.153. The first-order valence-corrected chi connectivity index (χ1v) is 12.2. The lowest BCUT2D eigenvalue weighted by Crippen LogP contribution is -2.68. The molecule has 10 heteroatoms. The van der Waals surface area contributed by atoms with Gasteiger partial charge in [-0.2, -0.15) is 5.26 Å². The zero-order valence-electron chi connectivity index (χ0n) is 21.3. The Labute approximate surface area is 211 Å². The van der Waals surface area contributed by atoms with Gasteiger partial charge in [-0.1, -0.05) is 32.9 Å². The minimum atomic E-state index is -1.40. The Morgan fingerprint density at radius 2 is 1.78 bits per heavy atom. The Hall–Kier alpha value is -3.74. The third-order valence-electron chi connectivity index (χ3n) is 7.59. The van der Waals surface area contributed by atoms with Crippen LogP contribution in [0.1, 0.15) is 44.7 Å². The van der Waals surface area contributed by atoms with Crippen molar-refractivity contribution in [3.63, 3.8) is 0 Å². The van der Waals surface area contributed by atoms with E-state index in [1.54, 1.807) is 29.2 Å². The summed E-state index contributed by atoms with van der Waals surface area (Å²) in [6.07, 6.45) is 2.05. The third-order valence-corrected chi connectivity index (χ3v) is 7.59. The normalized spacial score (nSPS) is 20.1. The first-order valence-electron chi connectivity index (χ1n) is 12.2. The summed E-state index contributed by atoms with van der Waals surface area (Å²) in [6, 6.07) is 8.98. The molecule has 0 radical (unpaired) electrons. The Bertz CT molecular complexity index is 1110. The summed E-state index contributed by atoms with van der Waals surface area (Å²) in [6.45, 7) is 7.71. The molecule has 3 heterocycles. The van der Waals surface area contributed by atoms with Crippen molar-refractivity contribution in [2.24, 2.45) is 5.41 Å². The van der Waals surface area contributed by atoms with Crippen LogP contribution in [-0.4, -0.2) is 87.7 Å². The highest BCUT2D eigenvalue weighted by Gasteiger charge is 2.52. The van der Waals surface area contributed by atoms with E-state index in [9.17, 15) is 19.5 Å². The summed E-state index contributed by atoms with van der Waals surface area (Å²) >= 11 is 0. The van der Waals surface area contributed by atoms with Gasteiger partial charge in [0.1, 0.15) is 11.2 Å². The number of nitriles is 1. The van der Waals surface area contributed by atoms with Gasteiger partial charge in [0.2, 0.25) is 5.91 Å². The summed E-state index contributed by atoms with van der Waals surface area (Å²) in [5, 5.41) is 21.4. The second-order valence-electron chi connectivity index (χ2n) is 11.0. The molecular weight excluding hydrogens is 460 g/mol. The number of amides is 3. The van der Waals surface area contributed by atoms with E-state index in [2.05, 4.69) is 16.3 Å². The smallest absolute Gasteiger partial charge is 0.405 e. The molecule has 2 N–H and O–H groups in total. The number of hydrogen-bond acceptors (Lipinski definition) is 6. The van der Waals surface area contributed by atoms with Crippen LogP contribution in [0, 0.1) is 16.7 Å². The number of rotatable bonds is 5. The summed E-state index contributed by atoms with van der Waals surface area (Å²) in [5.74, 6) is -0.237. The molecular formula is C26H34N6O4. The van der Waals surface area contributed by atoms with Gasteiger partial charge >= 0.3 is 6.09 Å². The van der Waals surface area contributed by atoms with Crippen LogP contribution in [0.25, 0.3) is 0 Å². The predicted molar refractivity (Wildman–Crippen MR) is 132 cm³/mol. The minimum absolute atomic E-state index is 0.0292. The van der Waals surface area contributed by atoms with Crippen molar-refractivity contribution in [2.45, 2.75) is 51.6 Å². The van der Waals surface area contributed by atoms with Crippen LogP contribution in [0.5, 0.6) is 0 Å². The molecule has 2 fully saturated rings. The second kappa shape index (κ2) is 9.37. The number of nitrogens with zero attached hydrogens (tertiary/aromatic N) is 5. The molecule has 1 aromatic rings. The maximum Gasteiger partial charge on any atom is 0.405 e. The Balaban J connectivity index is 1.52. The fourth-order valence-electron chi connectivity index (χ4n) is 5.45. The molecule has 3 amide bonds.